The van der Waals surface area contributed by atoms with Gasteiger partial charge in [0.05, 0.1) is 18.0 Å². The number of nitrogens with zero attached hydrogens (tertiary/aromatic N) is 4. The van der Waals surface area contributed by atoms with Gasteiger partial charge >= 0.3 is 6.18 Å². The summed E-state index contributed by atoms with van der Waals surface area (Å²) in [5.41, 5.74) is 2.90. The molecule has 3 rings (SSSR count). The fourth-order valence-corrected chi connectivity index (χ4v) is 2.35. The molecule has 0 radical (unpaired) electrons. The van der Waals surface area contributed by atoms with Crippen LogP contribution in [0.4, 0.5) is 24.7 Å². The Morgan fingerprint density at radius 2 is 1.92 bits per heavy atom. The third-order valence-corrected chi connectivity index (χ3v) is 3.47. The molecule has 0 aliphatic heterocycles. The number of anilines is 2. The van der Waals surface area contributed by atoms with E-state index in [1.54, 1.807) is 29.7 Å². The van der Waals surface area contributed by atoms with Crippen molar-refractivity contribution in [2.24, 2.45) is 0 Å². The van der Waals surface area contributed by atoms with Crippen LogP contribution in [0.3, 0.4) is 0 Å². The van der Waals surface area contributed by atoms with E-state index in [9.17, 15) is 18.0 Å². The van der Waals surface area contributed by atoms with E-state index in [1.807, 2.05) is 0 Å². The molecule has 1 amide bonds. The highest BCUT2D eigenvalue weighted by atomic mass is 19.4. The SMILES string of the molecule is O=C(Cc1ccc(Nc2ncnc3c2cnn3CC(F)(F)F)cc1)NO. The summed E-state index contributed by atoms with van der Waals surface area (Å²) >= 11 is 0. The van der Waals surface area contributed by atoms with Crippen LogP contribution >= 0.6 is 0 Å². The number of alkyl halides is 3. The van der Waals surface area contributed by atoms with Gasteiger partial charge in [0.2, 0.25) is 5.91 Å². The third-order valence-electron chi connectivity index (χ3n) is 3.47. The Morgan fingerprint density at radius 1 is 1.19 bits per heavy atom. The number of hydroxylamine groups is 1. The highest BCUT2D eigenvalue weighted by Crippen LogP contribution is 2.25. The highest BCUT2D eigenvalue weighted by molar-refractivity contribution is 5.88. The molecule has 3 N–H and O–H groups in total. The van der Waals surface area contributed by atoms with Gasteiger partial charge in [-0.1, -0.05) is 12.1 Å². The minimum absolute atomic E-state index is 0.0126. The summed E-state index contributed by atoms with van der Waals surface area (Å²) in [6.07, 6.45) is -1.98. The second kappa shape index (κ2) is 6.96. The van der Waals surface area contributed by atoms with Crippen molar-refractivity contribution in [2.75, 3.05) is 5.32 Å². The van der Waals surface area contributed by atoms with E-state index in [0.29, 0.717) is 22.5 Å². The molecule has 26 heavy (non-hydrogen) atoms. The maximum absolute atomic E-state index is 12.6. The first kappa shape index (κ1) is 17.6. The average Bonchev–Trinajstić information content (AvgIpc) is 2.99. The Bertz CT molecular complexity index is 923. The van der Waals surface area contributed by atoms with Gasteiger partial charge < -0.3 is 5.32 Å². The second-order valence-corrected chi connectivity index (χ2v) is 5.41. The molecule has 0 bridgehead atoms. The van der Waals surface area contributed by atoms with Crippen molar-refractivity contribution in [3.8, 4) is 0 Å². The van der Waals surface area contributed by atoms with Crippen molar-refractivity contribution in [1.82, 2.24) is 25.2 Å². The van der Waals surface area contributed by atoms with Crippen molar-refractivity contribution in [2.45, 2.75) is 19.1 Å². The molecule has 8 nitrogen and oxygen atoms in total. The van der Waals surface area contributed by atoms with Crippen LogP contribution in [0.25, 0.3) is 11.0 Å². The summed E-state index contributed by atoms with van der Waals surface area (Å²) in [5.74, 6) is -0.232. The summed E-state index contributed by atoms with van der Waals surface area (Å²) in [7, 11) is 0. The lowest BCUT2D eigenvalue weighted by atomic mass is 10.1. The molecule has 0 spiro atoms. The predicted molar refractivity (Wildman–Crippen MR) is 84.7 cm³/mol. The van der Waals surface area contributed by atoms with Crippen molar-refractivity contribution < 1.29 is 23.2 Å². The van der Waals surface area contributed by atoms with Gasteiger partial charge in [0.1, 0.15) is 18.7 Å². The molecule has 0 atom stereocenters. The van der Waals surface area contributed by atoms with Crippen molar-refractivity contribution in [1.29, 1.82) is 0 Å². The molecule has 0 saturated carbocycles. The minimum atomic E-state index is -4.41. The Labute approximate surface area is 144 Å². The van der Waals surface area contributed by atoms with Gasteiger partial charge in [-0.2, -0.15) is 18.3 Å². The number of rotatable bonds is 5. The lowest BCUT2D eigenvalue weighted by molar-refractivity contribution is -0.142. The molecular weight excluding hydrogens is 353 g/mol. The van der Waals surface area contributed by atoms with E-state index < -0.39 is 18.6 Å². The van der Waals surface area contributed by atoms with Crippen LogP contribution in [0, 0.1) is 0 Å². The first-order valence-corrected chi connectivity index (χ1v) is 7.38. The Morgan fingerprint density at radius 3 is 2.58 bits per heavy atom. The number of amides is 1. The van der Waals surface area contributed by atoms with Crippen molar-refractivity contribution >= 4 is 28.4 Å². The zero-order chi connectivity index (χ0) is 18.7. The Kier molecular flexibility index (Phi) is 4.71. The van der Waals surface area contributed by atoms with Gasteiger partial charge in [-0.05, 0) is 17.7 Å². The molecule has 0 saturated heterocycles. The van der Waals surface area contributed by atoms with Gasteiger partial charge in [-0.25, -0.2) is 20.1 Å². The molecular formula is C15H13F3N6O2. The van der Waals surface area contributed by atoms with Crippen LogP contribution in [0.1, 0.15) is 5.56 Å². The number of halogens is 3. The Hall–Kier alpha value is -3.21. The number of aromatic nitrogens is 4. The van der Waals surface area contributed by atoms with Crippen LogP contribution in [0.15, 0.2) is 36.8 Å². The van der Waals surface area contributed by atoms with Gasteiger partial charge in [0, 0.05) is 5.69 Å². The number of carbonyl (C=O) groups is 1. The van der Waals surface area contributed by atoms with E-state index >= 15 is 0 Å². The summed E-state index contributed by atoms with van der Waals surface area (Å²) < 4.78 is 38.5. The summed E-state index contributed by atoms with van der Waals surface area (Å²) in [6, 6.07) is 6.69. The molecule has 0 unspecified atom stereocenters. The van der Waals surface area contributed by atoms with E-state index in [0.717, 1.165) is 11.0 Å². The number of benzene rings is 1. The molecule has 0 aliphatic rings. The largest absolute Gasteiger partial charge is 0.408 e. The summed E-state index contributed by atoms with van der Waals surface area (Å²) in [5, 5.41) is 15.6. The van der Waals surface area contributed by atoms with Crippen LogP contribution in [-0.2, 0) is 17.8 Å². The number of hydrogen-bond acceptors (Lipinski definition) is 6. The lowest BCUT2D eigenvalue weighted by Crippen LogP contribution is -2.20. The standard InChI is InChI=1S/C15H13F3N6O2/c16-15(17,18)7-24-14-11(6-21-24)13(19-8-20-14)22-10-3-1-9(2-4-10)5-12(25)23-26/h1-4,6,8,26H,5,7H2,(H,23,25)(H,19,20,22). The Balaban J connectivity index is 1.82. The highest BCUT2D eigenvalue weighted by Gasteiger charge is 2.29. The molecule has 0 aliphatic carbocycles. The molecule has 1 aromatic carbocycles. The third kappa shape index (κ3) is 4.06. The second-order valence-electron chi connectivity index (χ2n) is 5.41. The maximum atomic E-state index is 12.6. The van der Waals surface area contributed by atoms with E-state index in [-0.39, 0.29) is 12.1 Å². The topological polar surface area (TPSA) is 105 Å². The van der Waals surface area contributed by atoms with Crippen LogP contribution in [-0.4, -0.2) is 37.0 Å². The summed E-state index contributed by atoms with van der Waals surface area (Å²) in [6.45, 7) is -1.24. The molecule has 2 heterocycles. The molecule has 136 valence electrons. The number of fused-ring (bicyclic) bond motifs is 1. The normalized spacial score (nSPS) is 11.5. The summed E-state index contributed by atoms with van der Waals surface area (Å²) in [4.78, 5) is 19.0. The number of nitrogens with one attached hydrogen (secondary N) is 2. The van der Waals surface area contributed by atoms with Crippen molar-refractivity contribution in [3.05, 3.63) is 42.4 Å². The predicted octanol–water partition coefficient (Wildman–Crippen LogP) is 2.18. The fraction of sp³-hybridized carbons (Fsp3) is 0.200. The van der Waals surface area contributed by atoms with Gasteiger partial charge in [-0.3, -0.25) is 10.0 Å². The van der Waals surface area contributed by atoms with Gasteiger partial charge in [-0.15, -0.1) is 0 Å². The van der Waals surface area contributed by atoms with E-state index in [1.165, 1.54) is 6.20 Å². The van der Waals surface area contributed by atoms with Crippen molar-refractivity contribution in [3.63, 3.8) is 0 Å². The molecule has 2 aromatic heterocycles. The van der Waals surface area contributed by atoms with Crippen LogP contribution < -0.4 is 10.8 Å². The number of hydrogen-bond donors (Lipinski definition) is 3. The first-order valence-electron chi connectivity index (χ1n) is 7.38. The molecule has 3 aromatic rings. The fourth-order valence-electron chi connectivity index (χ4n) is 2.35. The zero-order valence-corrected chi connectivity index (χ0v) is 13.2. The average molecular weight is 366 g/mol. The van der Waals surface area contributed by atoms with Gasteiger partial charge in [0.25, 0.3) is 0 Å². The van der Waals surface area contributed by atoms with E-state index in [4.69, 9.17) is 5.21 Å². The van der Waals surface area contributed by atoms with Crippen LogP contribution in [0.2, 0.25) is 0 Å². The number of carbonyl (C=O) groups excluding carboxylic acids is 1. The smallest absolute Gasteiger partial charge is 0.340 e. The van der Waals surface area contributed by atoms with Crippen LogP contribution in [0.5, 0.6) is 0 Å². The molecule has 0 fully saturated rings. The lowest BCUT2D eigenvalue weighted by Gasteiger charge is -2.09. The first-order chi connectivity index (χ1) is 12.4. The monoisotopic (exact) mass is 366 g/mol. The maximum Gasteiger partial charge on any atom is 0.408 e. The molecule has 11 heteroatoms. The van der Waals surface area contributed by atoms with E-state index in [2.05, 4.69) is 20.4 Å². The van der Waals surface area contributed by atoms with Gasteiger partial charge in [0.15, 0.2) is 5.65 Å². The minimum Gasteiger partial charge on any atom is -0.340 e. The quantitative estimate of drug-likeness (QED) is 0.472. The zero-order valence-electron chi connectivity index (χ0n) is 13.2.